The number of hydrogen-bond acceptors (Lipinski definition) is 4. The molecule has 0 aliphatic rings. The van der Waals surface area contributed by atoms with E-state index in [2.05, 4.69) is 10.2 Å². The van der Waals surface area contributed by atoms with Gasteiger partial charge >= 0.3 is 0 Å². The van der Waals surface area contributed by atoms with Gasteiger partial charge < -0.3 is 5.11 Å². The third-order valence-electron chi connectivity index (χ3n) is 4.14. The van der Waals surface area contributed by atoms with Gasteiger partial charge in [0.2, 0.25) is 0 Å². The molecule has 3 aromatic carbocycles. The Balaban J connectivity index is 0.000000293. The summed E-state index contributed by atoms with van der Waals surface area (Å²) < 4.78 is 0. The SMILES string of the molecule is CC.CC.CCCC(=O)/C=C/c1ccccc1.Oc1ccccc1-n1nc2ccccc2n1. The number of allylic oxidation sites excluding steroid dienone is 1. The molecule has 1 aromatic heterocycles. The van der Waals surface area contributed by atoms with Crippen LogP contribution in [0.4, 0.5) is 0 Å². The fourth-order valence-electron chi connectivity index (χ4n) is 2.68. The minimum absolute atomic E-state index is 0.169. The molecule has 174 valence electrons. The summed E-state index contributed by atoms with van der Waals surface area (Å²) in [5.41, 5.74) is 3.28. The van der Waals surface area contributed by atoms with E-state index in [0.29, 0.717) is 12.1 Å². The van der Waals surface area contributed by atoms with E-state index in [9.17, 15) is 9.90 Å². The number of hydrogen-bond donors (Lipinski definition) is 1. The number of ketones is 1. The number of rotatable bonds is 5. The molecule has 0 radical (unpaired) electrons. The summed E-state index contributed by atoms with van der Waals surface area (Å²) in [6.07, 6.45) is 5.07. The lowest BCUT2D eigenvalue weighted by Gasteiger charge is -2.00. The van der Waals surface area contributed by atoms with Crippen LogP contribution in [-0.4, -0.2) is 25.9 Å². The smallest absolute Gasteiger partial charge is 0.155 e. The highest BCUT2D eigenvalue weighted by molar-refractivity contribution is 5.93. The Morgan fingerprint density at radius 1 is 0.818 bits per heavy atom. The van der Waals surface area contributed by atoms with Gasteiger partial charge in [-0.25, -0.2) is 0 Å². The van der Waals surface area contributed by atoms with Crippen LogP contribution in [0, 0.1) is 0 Å². The molecule has 0 saturated heterocycles. The van der Waals surface area contributed by atoms with Crippen molar-refractivity contribution < 1.29 is 9.90 Å². The highest BCUT2D eigenvalue weighted by Crippen LogP contribution is 2.20. The first-order valence-corrected chi connectivity index (χ1v) is 11.5. The van der Waals surface area contributed by atoms with Crippen LogP contribution in [0.25, 0.3) is 22.8 Å². The highest BCUT2D eigenvalue weighted by atomic mass is 16.3. The largest absolute Gasteiger partial charge is 0.506 e. The molecule has 0 unspecified atom stereocenters. The van der Waals surface area contributed by atoms with Crippen LogP contribution in [0.3, 0.4) is 0 Å². The number of carbonyl (C=O) groups excluding carboxylic acids is 1. The summed E-state index contributed by atoms with van der Waals surface area (Å²) in [6, 6.07) is 24.4. The Kier molecular flexibility index (Phi) is 13.2. The van der Waals surface area contributed by atoms with Crippen molar-refractivity contribution in [1.29, 1.82) is 0 Å². The average molecular weight is 446 g/mol. The molecular formula is C28H35N3O2. The molecular weight excluding hydrogens is 410 g/mol. The number of phenolic OH excluding ortho intramolecular Hbond substituents is 1. The number of aromatic nitrogens is 3. The first-order chi connectivity index (χ1) is 16.2. The zero-order valence-electron chi connectivity index (χ0n) is 20.3. The van der Waals surface area contributed by atoms with Gasteiger partial charge in [-0.05, 0) is 42.3 Å². The van der Waals surface area contributed by atoms with Crippen LogP contribution >= 0.6 is 0 Å². The van der Waals surface area contributed by atoms with E-state index in [1.807, 2.05) is 101 Å². The molecule has 5 heteroatoms. The normalized spacial score (nSPS) is 9.73. The summed E-state index contributed by atoms with van der Waals surface area (Å²) >= 11 is 0. The number of nitrogens with zero attached hydrogens (tertiary/aromatic N) is 3. The lowest BCUT2D eigenvalue weighted by atomic mass is 10.1. The molecule has 1 N–H and O–H groups in total. The van der Waals surface area contributed by atoms with Crippen molar-refractivity contribution in [2.45, 2.75) is 47.5 Å². The van der Waals surface area contributed by atoms with Gasteiger partial charge in [0.1, 0.15) is 22.5 Å². The summed E-state index contributed by atoms with van der Waals surface area (Å²) in [6.45, 7) is 10.0. The zero-order valence-corrected chi connectivity index (χ0v) is 20.3. The van der Waals surface area contributed by atoms with Gasteiger partial charge in [0.15, 0.2) is 5.78 Å². The zero-order chi connectivity index (χ0) is 24.5. The van der Waals surface area contributed by atoms with Crippen LogP contribution in [-0.2, 0) is 4.79 Å². The van der Waals surface area contributed by atoms with E-state index in [4.69, 9.17) is 0 Å². The maximum atomic E-state index is 11.1. The number of phenols is 1. The number of para-hydroxylation sites is 2. The lowest BCUT2D eigenvalue weighted by Crippen LogP contribution is -1.98. The van der Waals surface area contributed by atoms with Gasteiger partial charge in [0, 0.05) is 6.42 Å². The fraction of sp³-hybridized carbons (Fsp3) is 0.250. The number of fused-ring (bicyclic) bond motifs is 1. The molecule has 0 bridgehead atoms. The summed E-state index contributed by atoms with van der Waals surface area (Å²) in [5, 5.41) is 18.3. The van der Waals surface area contributed by atoms with Gasteiger partial charge in [-0.3, -0.25) is 4.79 Å². The standard InChI is InChI=1S/C12H9N3O.C12H14O.2C2H6/c16-12-8-4-3-7-11(12)15-13-9-5-1-2-6-10(9)14-15;1-2-6-12(13)10-9-11-7-4-3-5-8-11;2*1-2/h1-8,16H;3-5,7-10H,2,6H2,1H3;2*1-2H3/b;10-9+;;. The van der Waals surface area contributed by atoms with Crippen molar-refractivity contribution in [3.05, 3.63) is 90.5 Å². The van der Waals surface area contributed by atoms with Crippen LogP contribution in [0.5, 0.6) is 5.75 Å². The van der Waals surface area contributed by atoms with E-state index in [0.717, 1.165) is 23.0 Å². The van der Waals surface area contributed by atoms with E-state index in [1.54, 1.807) is 24.3 Å². The predicted octanol–water partition coefficient (Wildman–Crippen LogP) is 7.25. The van der Waals surface area contributed by atoms with Crippen molar-refractivity contribution >= 4 is 22.9 Å². The molecule has 33 heavy (non-hydrogen) atoms. The number of benzene rings is 3. The number of aromatic hydroxyl groups is 1. The topological polar surface area (TPSA) is 68.0 Å². The molecule has 0 atom stereocenters. The molecule has 4 rings (SSSR count). The second kappa shape index (κ2) is 16.0. The Morgan fingerprint density at radius 3 is 1.88 bits per heavy atom. The third kappa shape index (κ3) is 9.11. The van der Waals surface area contributed by atoms with Gasteiger partial charge in [0.25, 0.3) is 0 Å². The maximum Gasteiger partial charge on any atom is 0.155 e. The lowest BCUT2D eigenvalue weighted by molar-refractivity contribution is -0.114. The average Bonchev–Trinajstić information content (AvgIpc) is 3.31. The van der Waals surface area contributed by atoms with Crippen LogP contribution in [0.1, 0.15) is 53.0 Å². The Labute approximate surface area is 197 Å². The molecule has 0 aliphatic carbocycles. The van der Waals surface area contributed by atoms with Crippen LogP contribution in [0.15, 0.2) is 84.9 Å². The molecule has 0 aliphatic heterocycles. The summed E-state index contributed by atoms with van der Waals surface area (Å²) in [5.74, 6) is 0.370. The summed E-state index contributed by atoms with van der Waals surface area (Å²) in [7, 11) is 0. The van der Waals surface area contributed by atoms with Gasteiger partial charge in [-0.15, -0.1) is 15.0 Å². The molecule has 4 aromatic rings. The van der Waals surface area contributed by atoms with E-state index in [-0.39, 0.29) is 11.5 Å². The molecule has 0 amide bonds. The van der Waals surface area contributed by atoms with Crippen molar-refractivity contribution in [2.75, 3.05) is 0 Å². The highest BCUT2D eigenvalue weighted by Gasteiger charge is 2.06. The van der Waals surface area contributed by atoms with Gasteiger partial charge in [-0.2, -0.15) is 0 Å². The third-order valence-corrected chi connectivity index (χ3v) is 4.14. The van der Waals surface area contributed by atoms with E-state index in [1.165, 1.54) is 4.80 Å². The molecule has 1 heterocycles. The molecule has 0 saturated carbocycles. The number of carbonyl (C=O) groups is 1. The van der Waals surface area contributed by atoms with Gasteiger partial charge in [0.05, 0.1) is 0 Å². The predicted molar refractivity (Wildman–Crippen MR) is 139 cm³/mol. The van der Waals surface area contributed by atoms with Crippen molar-refractivity contribution in [2.24, 2.45) is 0 Å². The van der Waals surface area contributed by atoms with Crippen molar-refractivity contribution in [1.82, 2.24) is 15.0 Å². The minimum atomic E-state index is 0.169. The Morgan fingerprint density at radius 2 is 1.33 bits per heavy atom. The van der Waals surface area contributed by atoms with Crippen LogP contribution in [0.2, 0.25) is 0 Å². The second-order valence-corrected chi connectivity index (χ2v) is 6.43. The van der Waals surface area contributed by atoms with Gasteiger partial charge in [-0.1, -0.05) is 95.3 Å². The van der Waals surface area contributed by atoms with E-state index >= 15 is 0 Å². The van der Waals surface area contributed by atoms with E-state index < -0.39 is 0 Å². The van der Waals surface area contributed by atoms with Crippen LogP contribution < -0.4 is 0 Å². The van der Waals surface area contributed by atoms with Crippen molar-refractivity contribution in [3.63, 3.8) is 0 Å². The van der Waals surface area contributed by atoms with Crippen molar-refractivity contribution in [3.8, 4) is 11.4 Å². The minimum Gasteiger partial charge on any atom is -0.506 e. The monoisotopic (exact) mass is 445 g/mol. The Hall–Kier alpha value is -3.73. The quantitative estimate of drug-likeness (QED) is 0.329. The first kappa shape index (κ1) is 27.3. The molecule has 5 nitrogen and oxygen atoms in total. The molecule has 0 spiro atoms. The maximum absolute atomic E-state index is 11.1. The Bertz CT molecular complexity index is 1070. The molecule has 0 fully saturated rings. The fourth-order valence-corrected chi connectivity index (χ4v) is 2.68. The first-order valence-electron chi connectivity index (χ1n) is 11.5. The second-order valence-electron chi connectivity index (χ2n) is 6.43. The summed E-state index contributed by atoms with van der Waals surface area (Å²) in [4.78, 5) is 12.6.